The van der Waals surface area contributed by atoms with E-state index in [0.29, 0.717) is 13.0 Å². The molecule has 1 rings (SSSR count). The van der Waals surface area contributed by atoms with Gasteiger partial charge in [-0.1, -0.05) is 0 Å². The number of hydrogen-bond acceptors (Lipinski definition) is 4. The molecule has 0 aromatic carbocycles. The second-order valence-electron chi connectivity index (χ2n) is 4.80. The Hall–Kier alpha value is -0.210. The van der Waals surface area contributed by atoms with Crippen molar-refractivity contribution >= 4 is 10.2 Å². The molecule has 0 bridgehead atoms. The van der Waals surface area contributed by atoms with Crippen molar-refractivity contribution in [2.45, 2.75) is 44.9 Å². The molecule has 17 heavy (non-hydrogen) atoms. The minimum Gasteiger partial charge on any atom is -0.386 e. The van der Waals surface area contributed by atoms with Crippen LogP contribution in [-0.4, -0.2) is 55.8 Å². The molecule has 1 aliphatic rings. The number of hydrogen-bond donors (Lipinski definition) is 2. The van der Waals surface area contributed by atoms with Crippen LogP contribution >= 0.6 is 0 Å². The molecule has 0 aromatic rings. The van der Waals surface area contributed by atoms with E-state index in [2.05, 4.69) is 4.72 Å². The fourth-order valence-corrected chi connectivity index (χ4v) is 2.79. The van der Waals surface area contributed by atoms with Gasteiger partial charge in [-0.05, 0) is 20.8 Å². The summed E-state index contributed by atoms with van der Waals surface area (Å²) in [6, 6.07) is -0.126. The molecule has 0 amide bonds. The molecule has 0 spiro atoms. The van der Waals surface area contributed by atoms with Crippen LogP contribution in [-0.2, 0) is 14.9 Å². The number of aliphatic hydroxyl groups is 1. The lowest BCUT2D eigenvalue weighted by Crippen LogP contribution is -2.51. The van der Waals surface area contributed by atoms with Gasteiger partial charge in [-0.15, -0.1) is 0 Å². The first-order chi connectivity index (χ1) is 7.69. The Morgan fingerprint density at radius 2 is 2.18 bits per heavy atom. The van der Waals surface area contributed by atoms with Gasteiger partial charge in [0, 0.05) is 32.7 Å². The number of ether oxygens (including phenoxy) is 1. The second kappa shape index (κ2) is 5.19. The van der Waals surface area contributed by atoms with Crippen LogP contribution in [0.5, 0.6) is 0 Å². The zero-order valence-corrected chi connectivity index (χ0v) is 11.6. The number of nitrogens with one attached hydrogen (secondary N) is 1. The van der Waals surface area contributed by atoms with Crippen molar-refractivity contribution in [3.8, 4) is 0 Å². The Bertz CT molecular complexity index is 357. The highest BCUT2D eigenvalue weighted by atomic mass is 32.2. The van der Waals surface area contributed by atoms with Gasteiger partial charge in [0.1, 0.15) is 5.60 Å². The average Bonchev–Trinajstić information content (AvgIpc) is 2.56. The lowest BCUT2D eigenvalue weighted by molar-refractivity contribution is -0.0230. The van der Waals surface area contributed by atoms with Gasteiger partial charge in [-0.2, -0.15) is 17.4 Å². The van der Waals surface area contributed by atoms with Crippen molar-refractivity contribution in [3.63, 3.8) is 0 Å². The van der Waals surface area contributed by atoms with E-state index in [1.807, 2.05) is 0 Å². The Labute approximate surface area is 103 Å². The Morgan fingerprint density at radius 3 is 2.59 bits per heavy atom. The summed E-state index contributed by atoms with van der Waals surface area (Å²) in [5.74, 6) is 0. The van der Waals surface area contributed by atoms with Crippen LogP contribution in [0.3, 0.4) is 0 Å². The van der Waals surface area contributed by atoms with E-state index in [4.69, 9.17) is 4.74 Å². The molecular formula is C10H22N2O4S. The molecule has 2 unspecified atom stereocenters. The highest BCUT2D eigenvalue weighted by Gasteiger charge is 2.40. The minimum atomic E-state index is -3.54. The summed E-state index contributed by atoms with van der Waals surface area (Å²) in [6.45, 7) is 5.75. The number of rotatable bonds is 5. The third kappa shape index (κ3) is 3.38. The highest BCUT2D eigenvalue weighted by Crippen LogP contribution is 2.25. The summed E-state index contributed by atoms with van der Waals surface area (Å²) in [6.07, 6.45) is 0.0942. The van der Waals surface area contributed by atoms with E-state index in [1.54, 1.807) is 20.8 Å². The standard InChI is InChI=1S/C10H22N2O4S/c1-8(2)12(4)17(14,15)11-7-10(13)5-6-16-9(10)3/h8-9,11,13H,5-7H2,1-4H3. The third-order valence-electron chi connectivity index (χ3n) is 3.33. The van der Waals surface area contributed by atoms with Crippen molar-refractivity contribution in [3.05, 3.63) is 0 Å². The third-order valence-corrected chi connectivity index (χ3v) is 5.02. The molecule has 0 aliphatic carbocycles. The fraction of sp³-hybridized carbons (Fsp3) is 1.00. The molecule has 0 radical (unpaired) electrons. The lowest BCUT2D eigenvalue weighted by Gasteiger charge is -2.28. The van der Waals surface area contributed by atoms with Crippen LogP contribution in [0.4, 0.5) is 0 Å². The monoisotopic (exact) mass is 266 g/mol. The van der Waals surface area contributed by atoms with E-state index in [1.165, 1.54) is 11.4 Å². The van der Waals surface area contributed by atoms with E-state index < -0.39 is 15.8 Å². The van der Waals surface area contributed by atoms with Crippen molar-refractivity contribution in [2.24, 2.45) is 0 Å². The summed E-state index contributed by atoms with van der Waals surface area (Å²) in [7, 11) is -2.04. The summed E-state index contributed by atoms with van der Waals surface area (Å²) >= 11 is 0. The van der Waals surface area contributed by atoms with Gasteiger partial charge in [-0.25, -0.2) is 0 Å². The molecular weight excluding hydrogens is 244 g/mol. The van der Waals surface area contributed by atoms with E-state index >= 15 is 0 Å². The van der Waals surface area contributed by atoms with Crippen molar-refractivity contribution in [1.29, 1.82) is 0 Å². The summed E-state index contributed by atoms with van der Waals surface area (Å²) in [5.41, 5.74) is -1.11. The SMILES string of the molecule is CC(C)N(C)S(=O)(=O)NCC1(O)CCOC1C. The van der Waals surface area contributed by atoms with E-state index in [-0.39, 0.29) is 18.7 Å². The van der Waals surface area contributed by atoms with Gasteiger partial charge in [0.05, 0.1) is 6.10 Å². The Balaban J connectivity index is 2.61. The quantitative estimate of drug-likeness (QED) is 0.716. The van der Waals surface area contributed by atoms with Gasteiger partial charge < -0.3 is 9.84 Å². The topological polar surface area (TPSA) is 78.9 Å². The van der Waals surface area contributed by atoms with Crippen LogP contribution in [0.15, 0.2) is 0 Å². The molecule has 6 nitrogen and oxygen atoms in total. The van der Waals surface area contributed by atoms with Crippen molar-refractivity contribution in [1.82, 2.24) is 9.03 Å². The van der Waals surface area contributed by atoms with Gasteiger partial charge in [0.2, 0.25) is 0 Å². The fourth-order valence-electron chi connectivity index (χ4n) is 1.60. The molecule has 102 valence electrons. The first-order valence-electron chi connectivity index (χ1n) is 5.75. The minimum absolute atomic E-state index is 0.0203. The molecule has 1 fully saturated rings. The Kier molecular flexibility index (Phi) is 4.54. The average molecular weight is 266 g/mol. The molecule has 1 aliphatic heterocycles. The molecule has 2 atom stereocenters. The van der Waals surface area contributed by atoms with Gasteiger partial charge in [-0.3, -0.25) is 0 Å². The largest absolute Gasteiger partial charge is 0.386 e. The van der Waals surface area contributed by atoms with Crippen molar-refractivity contribution < 1.29 is 18.3 Å². The van der Waals surface area contributed by atoms with E-state index in [0.717, 1.165) is 0 Å². The van der Waals surface area contributed by atoms with Gasteiger partial charge >= 0.3 is 0 Å². The van der Waals surface area contributed by atoms with Gasteiger partial charge in [0.25, 0.3) is 10.2 Å². The molecule has 0 aromatic heterocycles. The maximum absolute atomic E-state index is 11.8. The molecule has 1 heterocycles. The lowest BCUT2D eigenvalue weighted by atomic mass is 9.97. The first-order valence-corrected chi connectivity index (χ1v) is 7.19. The normalized spacial score (nSPS) is 30.4. The summed E-state index contributed by atoms with van der Waals surface area (Å²) in [4.78, 5) is 0. The molecule has 2 N–H and O–H groups in total. The van der Waals surface area contributed by atoms with Gasteiger partial charge in [0.15, 0.2) is 0 Å². The number of nitrogens with zero attached hydrogens (tertiary/aromatic N) is 1. The molecule has 1 saturated heterocycles. The van der Waals surface area contributed by atoms with Crippen LogP contribution in [0, 0.1) is 0 Å². The molecule has 7 heteroatoms. The van der Waals surface area contributed by atoms with Crippen LogP contribution < -0.4 is 4.72 Å². The second-order valence-corrected chi connectivity index (χ2v) is 6.62. The Morgan fingerprint density at radius 1 is 1.59 bits per heavy atom. The van der Waals surface area contributed by atoms with Crippen LogP contribution in [0.1, 0.15) is 27.2 Å². The summed E-state index contributed by atoms with van der Waals surface area (Å²) < 4.78 is 32.6. The predicted octanol–water partition coefficient (Wildman–Crippen LogP) is -0.299. The smallest absolute Gasteiger partial charge is 0.279 e. The summed E-state index contributed by atoms with van der Waals surface area (Å²) in [5, 5.41) is 10.2. The van der Waals surface area contributed by atoms with E-state index in [9.17, 15) is 13.5 Å². The zero-order valence-electron chi connectivity index (χ0n) is 10.8. The van der Waals surface area contributed by atoms with Crippen LogP contribution in [0.25, 0.3) is 0 Å². The first kappa shape index (κ1) is 14.8. The highest BCUT2D eigenvalue weighted by molar-refractivity contribution is 7.87. The van der Waals surface area contributed by atoms with Crippen molar-refractivity contribution in [2.75, 3.05) is 20.2 Å². The zero-order chi connectivity index (χ0) is 13.3. The predicted molar refractivity (Wildman–Crippen MR) is 64.8 cm³/mol. The molecule has 0 saturated carbocycles. The maximum atomic E-state index is 11.8. The maximum Gasteiger partial charge on any atom is 0.279 e. The van der Waals surface area contributed by atoms with Crippen LogP contribution in [0.2, 0.25) is 0 Å².